The first-order valence-electron chi connectivity index (χ1n) is 25.6. The molecule has 0 atom stereocenters. The highest BCUT2D eigenvalue weighted by molar-refractivity contribution is 6.88. The summed E-state index contributed by atoms with van der Waals surface area (Å²) in [4.78, 5) is 5.00. The van der Waals surface area contributed by atoms with Crippen molar-refractivity contribution in [2.45, 2.75) is 40.4 Å². The summed E-state index contributed by atoms with van der Waals surface area (Å²) in [6.45, 7) is 13.8. The molecule has 0 heterocycles. The topological polar surface area (TPSA) is 6.48 Å². The molecule has 0 aliphatic heterocycles. The molecule has 2 nitrogen and oxygen atoms in total. The lowest BCUT2D eigenvalue weighted by molar-refractivity contribution is 1.29. The number of rotatable bonds is 11. The van der Waals surface area contributed by atoms with Gasteiger partial charge in [0.05, 0.1) is 19.4 Å². The molecule has 0 fully saturated rings. The second-order valence-electron chi connectivity index (χ2n) is 20.8. The minimum absolute atomic E-state index is 1.10. The third-order valence-electron chi connectivity index (χ3n) is 14.8. The molecule has 73 heavy (non-hydrogen) atoms. The van der Waals surface area contributed by atoms with Gasteiger partial charge in [0, 0.05) is 44.3 Å². The molecule has 0 aromatic heterocycles. The van der Waals surface area contributed by atoms with Gasteiger partial charge in [-0.3, -0.25) is 0 Å². The predicted octanol–water partition coefficient (Wildman–Crippen LogP) is 19.7. The Morgan fingerprint density at radius 3 is 1.03 bits per heavy atom. The van der Waals surface area contributed by atoms with Gasteiger partial charge in [-0.05, 0) is 137 Å². The van der Waals surface area contributed by atoms with E-state index in [1.165, 1.54) is 98.7 Å². The van der Waals surface area contributed by atoms with Gasteiger partial charge in [-0.15, -0.1) is 0 Å². The van der Waals surface area contributed by atoms with Crippen LogP contribution in [0, 0.1) is 20.8 Å². The summed E-state index contributed by atoms with van der Waals surface area (Å²) in [5.41, 5.74) is 19.9. The molecule has 12 aromatic rings. The van der Waals surface area contributed by atoms with Gasteiger partial charge in [-0.2, -0.15) is 0 Å². The lowest BCUT2D eigenvalue weighted by Gasteiger charge is -2.31. The number of anilines is 6. The zero-order valence-electron chi connectivity index (χ0n) is 42.5. The summed E-state index contributed by atoms with van der Waals surface area (Å²) >= 11 is 0. The Bertz CT molecular complexity index is 3930. The molecule has 0 aliphatic carbocycles. The van der Waals surface area contributed by atoms with Crippen molar-refractivity contribution < 1.29 is 0 Å². The van der Waals surface area contributed by atoms with E-state index in [1.807, 2.05) is 0 Å². The Balaban J connectivity index is 1.21. The van der Waals surface area contributed by atoms with Gasteiger partial charge in [-0.1, -0.05) is 224 Å². The predicted molar refractivity (Wildman–Crippen MR) is 318 cm³/mol. The largest absolute Gasteiger partial charge is 0.310 e. The van der Waals surface area contributed by atoms with Crippen molar-refractivity contribution in [2.75, 3.05) is 9.80 Å². The fraction of sp³-hybridized carbons (Fsp3) is 0.0857. The van der Waals surface area contributed by atoms with E-state index in [0.29, 0.717) is 0 Å². The lowest BCUT2D eigenvalue weighted by Crippen LogP contribution is -2.37. The Morgan fingerprint density at radius 1 is 0.274 bits per heavy atom. The smallest absolute Gasteiger partial charge is 0.0775 e. The van der Waals surface area contributed by atoms with Crippen LogP contribution in [0.15, 0.2) is 243 Å². The van der Waals surface area contributed by atoms with E-state index in [2.05, 4.69) is 293 Å². The van der Waals surface area contributed by atoms with Crippen LogP contribution in [-0.4, -0.2) is 8.07 Å². The Morgan fingerprint density at radius 2 is 0.630 bits per heavy atom. The third-order valence-corrected chi connectivity index (χ3v) is 16.8. The number of nitrogens with zero attached hydrogens (tertiary/aromatic N) is 2. The fourth-order valence-electron chi connectivity index (χ4n) is 10.8. The van der Waals surface area contributed by atoms with E-state index in [4.69, 9.17) is 0 Å². The Labute approximate surface area is 431 Å². The molecule has 0 bridgehead atoms. The van der Waals surface area contributed by atoms with Crippen molar-refractivity contribution >= 4 is 79.7 Å². The van der Waals surface area contributed by atoms with Crippen LogP contribution < -0.4 is 15.0 Å². The fourth-order valence-corrected chi connectivity index (χ4v) is 12.0. The van der Waals surface area contributed by atoms with Crippen molar-refractivity contribution in [1.82, 2.24) is 0 Å². The number of hydrogen-bond donors (Lipinski definition) is 0. The molecule has 0 N–H and O–H groups in total. The second kappa shape index (κ2) is 18.6. The molecular formula is C70H58N2Si. The maximum absolute atomic E-state index is 2.51. The quantitative estimate of drug-likeness (QED) is 0.0942. The van der Waals surface area contributed by atoms with Crippen LogP contribution in [0.1, 0.15) is 16.7 Å². The van der Waals surface area contributed by atoms with Gasteiger partial charge >= 0.3 is 0 Å². The maximum atomic E-state index is 2.51. The van der Waals surface area contributed by atoms with Crippen molar-refractivity contribution in [1.29, 1.82) is 0 Å². The van der Waals surface area contributed by atoms with Gasteiger partial charge in [0.15, 0.2) is 0 Å². The third kappa shape index (κ3) is 8.56. The van der Waals surface area contributed by atoms with Crippen LogP contribution in [0.5, 0.6) is 0 Å². The molecule has 0 spiro atoms. The van der Waals surface area contributed by atoms with Crippen molar-refractivity contribution in [2.24, 2.45) is 0 Å². The van der Waals surface area contributed by atoms with Crippen LogP contribution >= 0.6 is 0 Å². The SMILES string of the molecule is Cc1ccc(-c2cc(N(c3ccc(C)cc3)c3cccc(-c4ccccc4)c3)c3ccc4c(-c5ccc(C)cc5)cc(N(c5ccc([Si](C)(C)C)cc5)c5cccc(-c6ccccc6)c5)c5ccc2c3c45)cc1. The standard InChI is InChI=1S/C70H58N2Si/c1-47-23-29-52(30-24-47)65-45-67(71(56-33-27-49(3)28-34-56)58-21-13-19-54(43-58)50-15-9-7-10-16-50)63-41-39-62-66(53-31-25-48(2)26-32-53)46-68(64-42-40-61(65)69(63)70(62)64)72(57-35-37-60(38-36-57)73(4,5)6)59-22-14-20-55(44-59)51-17-11-8-12-18-51/h7-46H,1-6H3. The van der Waals surface area contributed by atoms with Crippen molar-refractivity contribution in [3.8, 4) is 44.5 Å². The number of benzene rings is 12. The summed E-state index contributed by atoms with van der Waals surface area (Å²) < 4.78 is 0. The van der Waals surface area contributed by atoms with Gasteiger partial charge < -0.3 is 9.80 Å². The minimum atomic E-state index is -1.60. The zero-order chi connectivity index (χ0) is 49.8. The molecule has 0 saturated heterocycles. The summed E-state index contributed by atoms with van der Waals surface area (Å²) in [7, 11) is -1.60. The molecule has 0 unspecified atom stereocenters. The summed E-state index contributed by atoms with van der Waals surface area (Å²) in [6.07, 6.45) is 0. The average molecular weight is 955 g/mol. The van der Waals surface area contributed by atoms with E-state index >= 15 is 0 Å². The number of aryl methyl sites for hydroxylation is 3. The molecule has 0 radical (unpaired) electrons. The van der Waals surface area contributed by atoms with Gasteiger partial charge in [-0.25, -0.2) is 0 Å². The van der Waals surface area contributed by atoms with Crippen LogP contribution in [0.3, 0.4) is 0 Å². The first kappa shape index (κ1) is 45.6. The Kier molecular flexibility index (Phi) is 11.6. The van der Waals surface area contributed by atoms with E-state index in [9.17, 15) is 0 Å². The molecule has 352 valence electrons. The van der Waals surface area contributed by atoms with Gasteiger partial charge in [0.1, 0.15) is 0 Å². The highest BCUT2D eigenvalue weighted by Crippen LogP contribution is 2.52. The van der Waals surface area contributed by atoms with E-state index < -0.39 is 8.07 Å². The monoisotopic (exact) mass is 954 g/mol. The summed E-state index contributed by atoms with van der Waals surface area (Å²) in [6, 6.07) is 90.8. The van der Waals surface area contributed by atoms with Crippen LogP contribution in [0.2, 0.25) is 19.6 Å². The summed E-state index contributed by atoms with van der Waals surface area (Å²) in [5.74, 6) is 0. The highest BCUT2D eigenvalue weighted by atomic mass is 28.3. The lowest BCUT2D eigenvalue weighted by atomic mass is 9.85. The Hall–Kier alpha value is -8.50. The van der Waals surface area contributed by atoms with E-state index in [-0.39, 0.29) is 0 Å². The second-order valence-corrected chi connectivity index (χ2v) is 25.9. The zero-order valence-corrected chi connectivity index (χ0v) is 43.5. The van der Waals surface area contributed by atoms with E-state index in [1.54, 1.807) is 0 Å². The molecule has 0 saturated carbocycles. The minimum Gasteiger partial charge on any atom is -0.310 e. The molecule has 0 aliphatic rings. The molecular weight excluding hydrogens is 897 g/mol. The average Bonchev–Trinajstić information content (AvgIpc) is 3.42. The normalized spacial score (nSPS) is 11.7. The van der Waals surface area contributed by atoms with Crippen LogP contribution in [-0.2, 0) is 0 Å². The van der Waals surface area contributed by atoms with Crippen LogP contribution in [0.4, 0.5) is 34.1 Å². The highest BCUT2D eigenvalue weighted by Gasteiger charge is 2.27. The molecule has 0 amide bonds. The van der Waals surface area contributed by atoms with Gasteiger partial charge in [0.25, 0.3) is 0 Å². The molecule has 3 heteroatoms. The maximum Gasteiger partial charge on any atom is 0.0775 e. The van der Waals surface area contributed by atoms with E-state index in [0.717, 1.165) is 34.1 Å². The first-order valence-corrected chi connectivity index (χ1v) is 29.1. The van der Waals surface area contributed by atoms with Gasteiger partial charge in [0.2, 0.25) is 0 Å². The van der Waals surface area contributed by atoms with Crippen LogP contribution in [0.25, 0.3) is 76.8 Å². The first-order chi connectivity index (χ1) is 35.6. The molecule has 12 aromatic carbocycles. The molecule has 12 rings (SSSR count). The summed E-state index contributed by atoms with van der Waals surface area (Å²) in [5, 5.41) is 8.79. The number of hydrogen-bond acceptors (Lipinski definition) is 2. The van der Waals surface area contributed by atoms with Crippen molar-refractivity contribution in [3.63, 3.8) is 0 Å². The van der Waals surface area contributed by atoms with Crippen molar-refractivity contribution in [3.05, 3.63) is 259 Å².